The van der Waals surface area contributed by atoms with Crippen LogP contribution in [0.15, 0.2) is 18.2 Å². The number of aromatic nitrogens is 2. The highest BCUT2D eigenvalue weighted by molar-refractivity contribution is 5.87. The summed E-state index contributed by atoms with van der Waals surface area (Å²) in [7, 11) is 3.02. The molecule has 4 rings (SSSR count). The van der Waals surface area contributed by atoms with E-state index >= 15 is 0 Å². The highest BCUT2D eigenvalue weighted by Crippen LogP contribution is 2.38. The van der Waals surface area contributed by atoms with Crippen molar-refractivity contribution >= 4 is 5.97 Å². The van der Waals surface area contributed by atoms with Gasteiger partial charge < -0.3 is 18.9 Å². The number of fused-ring (bicyclic) bond motifs is 2. The van der Waals surface area contributed by atoms with E-state index in [9.17, 15) is 4.79 Å². The second kappa shape index (κ2) is 6.87. The number of nitrogens with zero attached hydrogens (tertiary/aromatic N) is 3. The van der Waals surface area contributed by atoms with Crippen molar-refractivity contribution < 1.29 is 23.7 Å². The molecule has 0 bridgehead atoms. The molecule has 26 heavy (non-hydrogen) atoms. The lowest BCUT2D eigenvalue weighted by Gasteiger charge is -2.21. The lowest BCUT2D eigenvalue weighted by atomic mass is 10.1. The Morgan fingerprint density at radius 2 is 2.00 bits per heavy atom. The molecule has 2 aromatic rings. The van der Waals surface area contributed by atoms with Crippen LogP contribution in [-0.4, -0.2) is 48.2 Å². The van der Waals surface area contributed by atoms with Crippen LogP contribution in [0.1, 0.15) is 28.2 Å². The maximum atomic E-state index is 11.7. The minimum absolute atomic E-state index is 0.237. The first kappa shape index (κ1) is 16.7. The monoisotopic (exact) mass is 359 g/mol. The molecule has 0 atom stereocenters. The fraction of sp³-hybridized carbons (Fsp3) is 0.444. The lowest BCUT2D eigenvalue weighted by molar-refractivity contribution is 0.0593. The third-order valence-corrected chi connectivity index (χ3v) is 4.66. The zero-order valence-electron chi connectivity index (χ0n) is 14.9. The Kier molecular flexibility index (Phi) is 4.42. The van der Waals surface area contributed by atoms with Crippen molar-refractivity contribution in [2.45, 2.75) is 26.1 Å². The summed E-state index contributed by atoms with van der Waals surface area (Å²) in [6.45, 7) is 3.34. The van der Waals surface area contributed by atoms with E-state index in [0.29, 0.717) is 24.5 Å². The summed E-state index contributed by atoms with van der Waals surface area (Å²) < 4.78 is 23.1. The number of carbonyl (C=O) groups is 1. The van der Waals surface area contributed by atoms with E-state index in [1.54, 1.807) is 13.2 Å². The van der Waals surface area contributed by atoms with Crippen molar-refractivity contribution in [3.63, 3.8) is 0 Å². The normalized spacial score (nSPS) is 16.1. The van der Waals surface area contributed by atoms with Crippen molar-refractivity contribution in [2.24, 2.45) is 0 Å². The van der Waals surface area contributed by atoms with Gasteiger partial charge >= 0.3 is 5.97 Å². The van der Waals surface area contributed by atoms with Gasteiger partial charge in [-0.3, -0.25) is 9.58 Å². The average molecular weight is 359 g/mol. The van der Waals surface area contributed by atoms with Crippen molar-refractivity contribution in [3.05, 3.63) is 35.2 Å². The third-order valence-electron chi connectivity index (χ3n) is 4.66. The quantitative estimate of drug-likeness (QED) is 0.771. The largest absolute Gasteiger partial charge is 0.496 e. The number of hydrogen-bond acceptors (Lipinski definition) is 7. The van der Waals surface area contributed by atoms with Crippen LogP contribution in [0.5, 0.6) is 17.2 Å². The molecule has 1 aromatic heterocycles. The predicted molar refractivity (Wildman–Crippen MR) is 91.4 cm³/mol. The summed E-state index contributed by atoms with van der Waals surface area (Å²) in [5.41, 5.74) is 2.39. The van der Waals surface area contributed by atoms with Gasteiger partial charge in [0, 0.05) is 37.8 Å². The maximum Gasteiger partial charge on any atom is 0.358 e. The van der Waals surface area contributed by atoms with Crippen molar-refractivity contribution in [2.75, 3.05) is 27.6 Å². The number of rotatable bonds is 4. The van der Waals surface area contributed by atoms with Gasteiger partial charge in [-0.25, -0.2) is 4.79 Å². The summed E-state index contributed by atoms with van der Waals surface area (Å²) in [6.07, 6.45) is 0.947. The SMILES string of the molecule is COC(=O)c1cc2n(n1)CCCN(Cc1cc3c(cc1OC)OCO3)C2. The van der Waals surface area contributed by atoms with Crippen LogP contribution < -0.4 is 14.2 Å². The molecule has 2 aliphatic heterocycles. The minimum Gasteiger partial charge on any atom is -0.496 e. The van der Waals surface area contributed by atoms with E-state index in [1.165, 1.54) is 7.11 Å². The Morgan fingerprint density at radius 3 is 2.77 bits per heavy atom. The predicted octanol–water partition coefficient (Wildman–Crippen LogP) is 1.81. The molecule has 0 radical (unpaired) electrons. The number of esters is 1. The molecule has 1 aromatic carbocycles. The van der Waals surface area contributed by atoms with Gasteiger partial charge in [-0.2, -0.15) is 5.10 Å². The van der Waals surface area contributed by atoms with Gasteiger partial charge in [0.05, 0.1) is 19.9 Å². The summed E-state index contributed by atoms with van der Waals surface area (Å²) >= 11 is 0. The molecule has 0 fully saturated rings. The number of ether oxygens (including phenoxy) is 4. The lowest BCUT2D eigenvalue weighted by Crippen LogP contribution is -2.23. The van der Waals surface area contributed by atoms with Crippen LogP contribution in [0, 0.1) is 0 Å². The first-order valence-corrected chi connectivity index (χ1v) is 8.52. The molecular weight excluding hydrogens is 338 g/mol. The van der Waals surface area contributed by atoms with Gasteiger partial charge in [0.1, 0.15) is 5.75 Å². The van der Waals surface area contributed by atoms with Gasteiger partial charge in [-0.1, -0.05) is 0 Å². The van der Waals surface area contributed by atoms with Gasteiger partial charge in [-0.15, -0.1) is 0 Å². The van der Waals surface area contributed by atoms with Crippen LogP contribution in [0.3, 0.4) is 0 Å². The van der Waals surface area contributed by atoms with Crippen LogP contribution in [-0.2, 0) is 24.4 Å². The first-order chi connectivity index (χ1) is 12.7. The van der Waals surface area contributed by atoms with E-state index in [4.69, 9.17) is 18.9 Å². The Hall–Kier alpha value is -2.74. The average Bonchev–Trinajstić information content (AvgIpc) is 3.22. The summed E-state index contributed by atoms with van der Waals surface area (Å²) in [5.74, 6) is 1.83. The van der Waals surface area contributed by atoms with E-state index in [-0.39, 0.29) is 6.79 Å². The first-order valence-electron chi connectivity index (χ1n) is 8.52. The molecule has 0 amide bonds. The second-order valence-electron chi connectivity index (χ2n) is 6.32. The van der Waals surface area contributed by atoms with Crippen molar-refractivity contribution in [1.29, 1.82) is 0 Å². The zero-order chi connectivity index (χ0) is 18.1. The molecule has 0 saturated carbocycles. The van der Waals surface area contributed by atoms with E-state index in [2.05, 4.69) is 10.00 Å². The third kappa shape index (κ3) is 3.08. The molecule has 0 spiro atoms. The maximum absolute atomic E-state index is 11.7. The van der Waals surface area contributed by atoms with Crippen LogP contribution >= 0.6 is 0 Å². The smallest absolute Gasteiger partial charge is 0.358 e. The number of aryl methyl sites for hydroxylation is 1. The second-order valence-corrected chi connectivity index (χ2v) is 6.32. The van der Waals surface area contributed by atoms with Gasteiger partial charge in [0.2, 0.25) is 6.79 Å². The molecule has 0 aliphatic carbocycles. The molecular formula is C18H21N3O5. The Bertz CT molecular complexity index is 832. The van der Waals surface area contributed by atoms with Crippen molar-refractivity contribution in [1.82, 2.24) is 14.7 Å². The highest BCUT2D eigenvalue weighted by Gasteiger charge is 2.23. The number of benzene rings is 1. The van der Waals surface area contributed by atoms with Crippen LogP contribution in [0.2, 0.25) is 0 Å². The fourth-order valence-electron chi connectivity index (χ4n) is 3.39. The molecule has 8 nitrogen and oxygen atoms in total. The Morgan fingerprint density at radius 1 is 1.19 bits per heavy atom. The summed E-state index contributed by atoms with van der Waals surface area (Å²) in [4.78, 5) is 14.0. The molecule has 0 N–H and O–H groups in total. The fourth-order valence-corrected chi connectivity index (χ4v) is 3.39. The van der Waals surface area contributed by atoms with Gasteiger partial charge in [0.25, 0.3) is 0 Å². The summed E-state index contributed by atoms with van der Waals surface area (Å²) in [5, 5.41) is 4.36. The topological polar surface area (TPSA) is 75.1 Å². The van der Waals surface area contributed by atoms with E-state index < -0.39 is 5.97 Å². The van der Waals surface area contributed by atoms with Gasteiger partial charge in [0.15, 0.2) is 17.2 Å². The molecule has 2 aliphatic rings. The van der Waals surface area contributed by atoms with Crippen LogP contribution in [0.4, 0.5) is 0 Å². The van der Waals surface area contributed by atoms with E-state index in [0.717, 1.165) is 42.3 Å². The Balaban J connectivity index is 1.56. The zero-order valence-corrected chi connectivity index (χ0v) is 14.9. The van der Waals surface area contributed by atoms with Gasteiger partial charge in [-0.05, 0) is 18.6 Å². The summed E-state index contributed by atoms with van der Waals surface area (Å²) in [6, 6.07) is 5.65. The van der Waals surface area contributed by atoms with Crippen LogP contribution in [0.25, 0.3) is 0 Å². The number of carbonyl (C=O) groups excluding carboxylic acids is 1. The molecule has 0 unspecified atom stereocenters. The molecule has 0 saturated heterocycles. The molecule has 138 valence electrons. The Labute approximate surface area is 151 Å². The standard InChI is InChI=1S/C18H21N3O5/c1-23-15-8-17-16(25-11-26-17)6-12(15)9-20-4-3-5-21-13(10-20)7-14(19-21)18(22)24-2/h6-8H,3-5,9-11H2,1-2H3. The number of methoxy groups -OCH3 is 2. The van der Waals surface area contributed by atoms with Crippen molar-refractivity contribution in [3.8, 4) is 17.2 Å². The number of hydrogen-bond donors (Lipinski definition) is 0. The van der Waals surface area contributed by atoms with E-state index in [1.807, 2.05) is 16.8 Å². The molecule has 3 heterocycles. The molecule has 8 heteroatoms. The highest BCUT2D eigenvalue weighted by atomic mass is 16.7. The minimum atomic E-state index is -0.408.